The minimum atomic E-state index is -0.858. The normalized spacial score (nSPS) is 20.2. The Balaban J connectivity index is 1.46. The van der Waals surface area contributed by atoms with E-state index in [0.29, 0.717) is 19.7 Å². The van der Waals surface area contributed by atoms with Crippen molar-refractivity contribution in [2.45, 2.75) is 44.6 Å². The van der Waals surface area contributed by atoms with Gasteiger partial charge in [0.2, 0.25) is 5.91 Å². The summed E-state index contributed by atoms with van der Waals surface area (Å²) < 4.78 is 5.98. The van der Waals surface area contributed by atoms with Gasteiger partial charge in [-0.05, 0) is 37.8 Å². The van der Waals surface area contributed by atoms with Crippen molar-refractivity contribution in [2.75, 3.05) is 26.2 Å². The summed E-state index contributed by atoms with van der Waals surface area (Å²) in [6.45, 7) is 3.95. The fraction of sp³-hybridized carbons (Fsp3) is 0.524. The zero-order valence-corrected chi connectivity index (χ0v) is 16.6. The molecule has 2 amide bonds. The zero-order chi connectivity index (χ0) is 20.4. The topological polar surface area (TPSA) is 95.9 Å². The number of rotatable bonds is 4. The van der Waals surface area contributed by atoms with Gasteiger partial charge in [0, 0.05) is 43.9 Å². The van der Waals surface area contributed by atoms with Crippen molar-refractivity contribution in [1.82, 2.24) is 19.8 Å². The summed E-state index contributed by atoms with van der Waals surface area (Å²) >= 11 is 0. The minimum absolute atomic E-state index is 0.0981. The van der Waals surface area contributed by atoms with Gasteiger partial charge < -0.3 is 19.6 Å². The van der Waals surface area contributed by atoms with Gasteiger partial charge in [0.15, 0.2) is 0 Å². The van der Waals surface area contributed by atoms with Gasteiger partial charge in [-0.1, -0.05) is 0 Å². The lowest BCUT2D eigenvalue weighted by molar-refractivity contribution is -0.130. The number of ether oxygens (including phenoxy) is 1. The van der Waals surface area contributed by atoms with E-state index in [1.807, 2.05) is 23.1 Å². The van der Waals surface area contributed by atoms with Crippen molar-refractivity contribution in [2.24, 2.45) is 0 Å². The highest BCUT2D eigenvalue weighted by Gasteiger charge is 2.27. The molecule has 1 N–H and O–H groups in total. The molecule has 4 rings (SSSR count). The average Bonchev–Trinajstić information content (AvgIpc) is 3.21. The van der Waals surface area contributed by atoms with Crippen LogP contribution in [-0.2, 0) is 4.79 Å². The van der Waals surface area contributed by atoms with Gasteiger partial charge in [-0.15, -0.1) is 0 Å². The number of aromatic nitrogens is 2. The fourth-order valence-corrected chi connectivity index (χ4v) is 4.43. The molecule has 2 saturated heterocycles. The van der Waals surface area contributed by atoms with E-state index in [1.54, 1.807) is 13.3 Å². The second-order valence-electron chi connectivity index (χ2n) is 7.80. The maximum atomic E-state index is 11.7. The van der Waals surface area contributed by atoms with Crippen LogP contribution in [0.1, 0.15) is 44.2 Å². The quantitative estimate of drug-likeness (QED) is 0.851. The number of hydrogen-bond acceptors (Lipinski definition) is 5. The maximum Gasteiger partial charge on any atom is 0.407 e. The first-order valence-corrected chi connectivity index (χ1v) is 10.2. The lowest BCUT2D eigenvalue weighted by Gasteiger charge is -2.30. The summed E-state index contributed by atoms with van der Waals surface area (Å²) in [5, 5.41) is 10.1. The Hall–Kier alpha value is -2.90. The first-order valence-electron chi connectivity index (χ1n) is 10.2. The summed E-state index contributed by atoms with van der Waals surface area (Å²) in [5.74, 6) is 1.06. The maximum absolute atomic E-state index is 11.7. The molecule has 0 bridgehead atoms. The van der Waals surface area contributed by atoms with E-state index in [9.17, 15) is 9.59 Å². The van der Waals surface area contributed by atoms with Crippen LogP contribution in [0, 0.1) is 0 Å². The number of carboxylic acid groups (broad SMARTS) is 1. The number of piperidine rings is 1. The SMILES string of the molecule is CC(=O)N1CCC[C@H]1COc1ccc2c(C3CCN(C(=O)O)CC3)ncnc2c1. The van der Waals surface area contributed by atoms with E-state index < -0.39 is 6.09 Å². The van der Waals surface area contributed by atoms with Gasteiger partial charge in [-0.3, -0.25) is 4.79 Å². The molecule has 2 aliphatic rings. The summed E-state index contributed by atoms with van der Waals surface area (Å²) in [5.41, 5.74) is 1.80. The van der Waals surface area contributed by atoms with E-state index in [2.05, 4.69) is 9.97 Å². The standard InChI is InChI=1S/C21H26N4O4/c1-14(26)25-8-2-3-16(25)12-29-17-4-5-18-19(11-17)22-13-23-20(18)15-6-9-24(10-7-15)21(27)28/h4-5,11,13,15-16H,2-3,6-10,12H2,1H3,(H,27,28)/t16-/m0/s1. The third-order valence-corrected chi connectivity index (χ3v) is 6.01. The van der Waals surface area contributed by atoms with Crippen LogP contribution in [-0.4, -0.2) is 69.2 Å². The van der Waals surface area contributed by atoms with Crippen molar-refractivity contribution in [1.29, 1.82) is 0 Å². The zero-order valence-electron chi connectivity index (χ0n) is 16.6. The number of carbonyl (C=O) groups is 2. The molecule has 154 valence electrons. The molecule has 2 fully saturated rings. The number of carbonyl (C=O) groups excluding carboxylic acids is 1. The Bertz CT molecular complexity index is 911. The van der Waals surface area contributed by atoms with E-state index in [1.165, 1.54) is 4.90 Å². The lowest BCUT2D eigenvalue weighted by atomic mass is 9.91. The van der Waals surface area contributed by atoms with Gasteiger partial charge in [0.25, 0.3) is 0 Å². The molecule has 0 aliphatic carbocycles. The molecular formula is C21H26N4O4. The fourth-order valence-electron chi connectivity index (χ4n) is 4.43. The first kappa shape index (κ1) is 19.4. The van der Waals surface area contributed by atoms with Crippen LogP contribution in [0.15, 0.2) is 24.5 Å². The molecule has 8 nitrogen and oxygen atoms in total. The second kappa shape index (κ2) is 8.23. The third kappa shape index (κ3) is 4.11. The van der Waals surface area contributed by atoms with E-state index in [0.717, 1.165) is 54.6 Å². The molecule has 29 heavy (non-hydrogen) atoms. The molecule has 1 aromatic heterocycles. The average molecular weight is 398 g/mol. The third-order valence-electron chi connectivity index (χ3n) is 6.01. The molecule has 0 spiro atoms. The summed E-state index contributed by atoms with van der Waals surface area (Å²) in [7, 11) is 0. The van der Waals surface area contributed by atoms with E-state index in [4.69, 9.17) is 9.84 Å². The number of likely N-dealkylation sites (tertiary alicyclic amines) is 2. The minimum Gasteiger partial charge on any atom is -0.491 e. The van der Waals surface area contributed by atoms with Crippen LogP contribution in [0.2, 0.25) is 0 Å². The number of nitrogens with zero attached hydrogens (tertiary/aromatic N) is 4. The van der Waals surface area contributed by atoms with Crippen LogP contribution in [0.4, 0.5) is 4.79 Å². The van der Waals surface area contributed by atoms with Crippen molar-refractivity contribution in [3.63, 3.8) is 0 Å². The molecular weight excluding hydrogens is 372 g/mol. The van der Waals surface area contributed by atoms with Gasteiger partial charge in [-0.2, -0.15) is 0 Å². The van der Waals surface area contributed by atoms with Crippen LogP contribution in [0.25, 0.3) is 10.9 Å². The molecule has 1 aromatic carbocycles. The van der Waals surface area contributed by atoms with Gasteiger partial charge in [0.05, 0.1) is 17.3 Å². The van der Waals surface area contributed by atoms with Crippen molar-refractivity contribution < 1.29 is 19.4 Å². The van der Waals surface area contributed by atoms with Crippen LogP contribution >= 0.6 is 0 Å². The van der Waals surface area contributed by atoms with Crippen molar-refractivity contribution in [3.05, 3.63) is 30.2 Å². The second-order valence-corrected chi connectivity index (χ2v) is 7.80. The molecule has 2 aromatic rings. The Labute approximate surface area is 169 Å². The molecule has 0 saturated carbocycles. The Morgan fingerprint density at radius 3 is 2.69 bits per heavy atom. The highest BCUT2D eigenvalue weighted by atomic mass is 16.5. The predicted octanol–water partition coefficient (Wildman–Crippen LogP) is 2.88. The monoisotopic (exact) mass is 398 g/mol. The molecule has 0 unspecified atom stereocenters. The summed E-state index contributed by atoms with van der Waals surface area (Å²) in [4.78, 5) is 35.1. The van der Waals surface area contributed by atoms with Crippen LogP contribution in [0.3, 0.4) is 0 Å². The highest BCUT2D eigenvalue weighted by molar-refractivity contribution is 5.82. The molecule has 0 radical (unpaired) electrons. The Kier molecular flexibility index (Phi) is 5.51. The van der Waals surface area contributed by atoms with E-state index in [-0.39, 0.29) is 17.9 Å². The van der Waals surface area contributed by atoms with E-state index >= 15 is 0 Å². The number of amides is 2. The van der Waals surface area contributed by atoms with Gasteiger partial charge >= 0.3 is 6.09 Å². The van der Waals surface area contributed by atoms with Crippen molar-refractivity contribution in [3.8, 4) is 5.75 Å². The molecule has 2 aliphatic heterocycles. The number of fused-ring (bicyclic) bond motifs is 1. The first-order chi connectivity index (χ1) is 14.0. The summed E-state index contributed by atoms with van der Waals surface area (Å²) in [6, 6.07) is 5.96. The Morgan fingerprint density at radius 1 is 1.17 bits per heavy atom. The van der Waals surface area contributed by atoms with Crippen molar-refractivity contribution >= 4 is 22.9 Å². The number of hydrogen-bond donors (Lipinski definition) is 1. The largest absolute Gasteiger partial charge is 0.491 e. The molecule has 1 atom stereocenters. The Morgan fingerprint density at radius 2 is 1.97 bits per heavy atom. The molecule has 8 heteroatoms. The smallest absolute Gasteiger partial charge is 0.407 e. The summed E-state index contributed by atoms with van der Waals surface area (Å²) in [6.07, 6.45) is 4.22. The van der Waals surface area contributed by atoms with Crippen LogP contribution in [0.5, 0.6) is 5.75 Å². The highest BCUT2D eigenvalue weighted by Crippen LogP contribution is 2.32. The molecule has 3 heterocycles. The van der Waals surface area contributed by atoms with Gasteiger partial charge in [0.1, 0.15) is 18.7 Å². The lowest BCUT2D eigenvalue weighted by Crippen LogP contribution is -2.37. The van der Waals surface area contributed by atoms with Crippen LogP contribution < -0.4 is 4.74 Å². The number of benzene rings is 1. The van der Waals surface area contributed by atoms with Gasteiger partial charge in [-0.25, -0.2) is 14.8 Å². The predicted molar refractivity (Wildman–Crippen MR) is 107 cm³/mol.